The van der Waals surface area contributed by atoms with Crippen LogP contribution in [0.5, 0.6) is 0 Å². The van der Waals surface area contributed by atoms with Gasteiger partial charge >= 0.3 is 0 Å². The number of halogens is 1. The Bertz CT molecular complexity index is 860. The molecule has 1 aromatic carbocycles. The van der Waals surface area contributed by atoms with Crippen LogP contribution in [0.1, 0.15) is 28.1 Å². The zero-order valence-electron chi connectivity index (χ0n) is 13.3. The molecule has 2 aromatic heterocycles. The van der Waals surface area contributed by atoms with Crippen molar-refractivity contribution in [3.63, 3.8) is 0 Å². The molecule has 0 atom stereocenters. The Labute approximate surface area is 148 Å². The summed E-state index contributed by atoms with van der Waals surface area (Å²) in [4.78, 5) is 18.6. The van der Waals surface area contributed by atoms with E-state index >= 15 is 0 Å². The molecule has 0 spiro atoms. The van der Waals surface area contributed by atoms with E-state index in [1.54, 1.807) is 35.5 Å². The van der Waals surface area contributed by atoms with E-state index in [1.807, 2.05) is 23.6 Å². The van der Waals surface area contributed by atoms with Gasteiger partial charge in [-0.05, 0) is 18.6 Å². The van der Waals surface area contributed by atoms with Gasteiger partial charge in [0.05, 0.1) is 34.2 Å². The van der Waals surface area contributed by atoms with Crippen LogP contribution in [0.3, 0.4) is 0 Å². The maximum Gasteiger partial charge on any atom is 0.276 e. The van der Waals surface area contributed by atoms with Crippen molar-refractivity contribution in [1.29, 1.82) is 0 Å². The molecule has 6 nitrogen and oxygen atoms in total. The predicted molar refractivity (Wildman–Crippen MR) is 93.7 cm³/mol. The van der Waals surface area contributed by atoms with Crippen LogP contribution in [0, 0.1) is 0 Å². The maximum absolute atomic E-state index is 12.5. The number of carbonyl (C=O) groups excluding carboxylic acids is 1. The molecule has 3 rings (SSSR count). The number of thiazole rings is 1. The number of nitrogens with zero attached hydrogens (tertiary/aromatic N) is 5. The third-order valence-electron chi connectivity index (χ3n) is 3.46. The lowest BCUT2D eigenvalue weighted by Crippen LogP contribution is -2.26. The molecule has 0 fully saturated rings. The minimum atomic E-state index is -0.209. The summed E-state index contributed by atoms with van der Waals surface area (Å²) in [7, 11) is 1.72. The summed E-state index contributed by atoms with van der Waals surface area (Å²) in [6, 6.07) is 7.27. The van der Waals surface area contributed by atoms with Gasteiger partial charge in [-0.2, -0.15) is 0 Å². The predicted octanol–water partition coefficient (Wildman–Crippen LogP) is 3.21. The third kappa shape index (κ3) is 3.47. The molecule has 0 saturated carbocycles. The first-order chi connectivity index (χ1) is 11.6. The van der Waals surface area contributed by atoms with Crippen LogP contribution >= 0.6 is 22.9 Å². The van der Waals surface area contributed by atoms with Gasteiger partial charge < -0.3 is 4.90 Å². The number of rotatable bonds is 5. The van der Waals surface area contributed by atoms with Gasteiger partial charge in [0.25, 0.3) is 5.91 Å². The van der Waals surface area contributed by atoms with Gasteiger partial charge in [0.1, 0.15) is 0 Å². The van der Waals surface area contributed by atoms with Gasteiger partial charge in [0, 0.05) is 12.4 Å². The van der Waals surface area contributed by atoms with Crippen molar-refractivity contribution in [2.75, 3.05) is 7.05 Å². The summed E-state index contributed by atoms with van der Waals surface area (Å²) in [6.45, 7) is 2.50. The molecule has 0 aliphatic heterocycles. The van der Waals surface area contributed by atoms with Crippen molar-refractivity contribution in [3.8, 4) is 5.69 Å². The van der Waals surface area contributed by atoms with E-state index in [1.165, 1.54) is 4.68 Å². The Morgan fingerprint density at radius 2 is 2.17 bits per heavy atom. The largest absolute Gasteiger partial charge is 0.334 e. The zero-order chi connectivity index (χ0) is 17.1. The van der Waals surface area contributed by atoms with Crippen LogP contribution in [-0.2, 0) is 13.0 Å². The third-order valence-corrected chi connectivity index (χ3v) is 4.82. The quantitative estimate of drug-likeness (QED) is 0.700. The van der Waals surface area contributed by atoms with E-state index in [0.29, 0.717) is 17.3 Å². The maximum atomic E-state index is 12.5. The van der Waals surface area contributed by atoms with Gasteiger partial charge in [-0.25, -0.2) is 9.67 Å². The number of aryl methyl sites for hydroxylation is 1. The average molecular weight is 362 g/mol. The summed E-state index contributed by atoms with van der Waals surface area (Å²) < 4.78 is 1.50. The molecule has 3 aromatic rings. The first kappa shape index (κ1) is 16.6. The highest BCUT2D eigenvalue weighted by Gasteiger charge is 2.18. The molecule has 0 unspecified atom stereocenters. The molecule has 2 heterocycles. The number of benzene rings is 1. The highest BCUT2D eigenvalue weighted by molar-refractivity contribution is 7.09. The van der Waals surface area contributed by atoms with E-state index in [4.69, 9.17) is 11.6 Å². The normalized spacial score (nSPS) is 10.8. The number of amides is 1. The molecule has 0 aliphatic carbocycles. The van der Waals surface area contributed by atoms with Crippen LogP contribution in [0.15, 0.2) is 35.8 Å². The van der Waals surface area contributed by atoms with Crippen molar-refractivity contribution >= 4 is 28.8 Å². The molecule has 0 bridgehead atoms. The second-order valence-electron chi connectivity index (χ2n) is 5.25. The number of aromatic nitrogens is 4. The standard InChI is InChI=1S/C16H16ClN5OS/c1-3-15-18-11(10-24-15)8-21(2)16(23)13-9-22(20-19-13)14-7-5-4-6-12(14)17/h4-7,9-10H,3,8H2,1-2H3. The van der Waals surface area contributed by atoms with Gasteiger partial charge in [-0.15, -0.1) is 16.4 Å². The van der Waals surface area contributed by atoms with Gasteiger partial charge in [-0.3, -0.25) is 4.79 Å². The first-order valence-corrected chi connectivity index (χ1v) is 8.70. The smallest absolute Gasteiger partial charge is 0.276 e. The van der Waals surface area contributed by atoms with E-state index < -0.39 is 0 Å². The molecule has 0 aliphatic rings. The highest BCUT2D eigenvalue weighted by Crippen LogP contribution is 2.19. The van der Waals surface area contributed by atoms with Gasteiger partial charge in [0.15, 0.2) is 5.69 Å². The van der Waals surface area contributed by atoms with E-state index in [-0.39, 0.29) is 11.6 Å². The number of hydrogen-bond acceptors (Lipinski definition) is 5. The summed E-state index contributed by atoms with van der Waals surface area (Å²) in [6.07, 6.45) is 2.48. The van der Waals surface area contributed by atoms with Crippen molar-refractivity contribution in [3.05, 3.63) is 57.3 Å². The highest BCUT2D eigenvalue weighted by atomic mass is 35.5. The zero-order valence-corrected chi connectivity index (χ0v) is 14.9. The van der Waals surface area contributed by atoms with E-state index in [0.717, 1.165) is 17.1 Å². The lowest BCUT2D eigenvalue weighted by atomic mass is 10.3. The second-order valence-corrected chi connectivity index (χ2v) is 6.60. The van der Waals surface area contributed by atoms with Crippen molar-refractivity contribution in [2.45, 2.75) is 19.9 Å². The second kappa shape index (κ2) is 7.11. The van der Waals surface area contributed by atoms with Crippen LogP contribution < -0.4 is 0 Å². The van der Waals surface area contributed by atoms with Gasteiger partial charge in [0.2, 0.25) is 0 Å². The number of hydrogen-bond donors (Lipinski definition) is 0. The number of para-hydroxylation sites is 1. The van der Waals surface area contributed by atoms with Crippen LogP contribution in [-0.4, -0.2) is 37.8 Å². The number of carbonyl (C=O) groups is 1. The fraction of sp³-hybridized carbons (Fsp3) is 0.250. The summed E-state index contributed by atoms with van der Waals surface area (Å²) in [5.74, 6) is -0.209. The Kier molecular flexibility index (Phi) is 4.92. The summed E-state index contributed by atoms with van der Waals surface area (Å²) in [5, 5.41) is 11.5. The molecule has 24 heavy (non-hydrogen) atoms. The molecule has 0 saturated heterocycles. The Hall–Kier alpha value is -2.25. The fourth-order valence-corrected chi connectivity index (χ4v) is 3.17. The Balaban J connectivity index is 1.74. The molecule has 1 amide bonds. The molecular weight excluding hydrogens is 346 g/mol. The lowest BCUT2D eigenvalue weighted by molar-refractivity contribution is 0.0777. The van der Waals surface area contributed by atoms with Crippen molar-refractivity contribution in [2.24, 2.45) is 0 Å². The fourth-order valence-electron chi connectivity index (χ4n) is 2.21. The minimum Gasteiger partial charge on any atom is -0.334 e. The van der Waals surface area contributed by atoms with Crippen LogP contribution in [0.4, 0.5) is 0 Å². The summed E-state index contributed by atoms with van der Waals surface area (Å²) in [5.41, 5.74) is 1.83. The first-order valence-electron chi connectivity index (χ1n) is 7.44. The monoisotopic (exact) mass is 361 g/mol. The van der Waals surface area contributed by atoms with Crippen LogP contribution in [0.2, 0.25) is 5.02 Å². The Morgan fingerprint density at radius 3 is 2.88 bits per heavy atom. The Morgan fingerprint density at radius 1 is 1.38 bits per heavy atom. The molecule has 124 valence electrons. The topological polar surface area (TPSA) is 63.9 Å². The lowest BCUT2D eigenvalue weighted by Gasteiger charge is -2.13. The molecular formula is C16H16ClN5OS. The van der Waals surface area contributed by atoms with Crippen LogP contribution in [0.25, 0.3) is 5.69 Å². The summed E-state index contributed by atoms with van der Waals surface area (Å²) >= 11 is 7.75. The SMILES string of the molecule is CCc1nc(CN(C)C(=O)c2cn(-c3ccccc3Cl)nn2)cs1. The molecule has 8 heteroatoms. The molecule has 0 radical (unpaired) electrons. The van der Waals surface area contributed by atoms with E-state index in [9.17, 15) is 4.79 Å². The minimum absolute atomic E-state index is 0.209. The van der Waals surface area contributed by atoms with Crippen molar-refractivity contribution < 1.29 is 4.79 Å². The average Bonchev–Trinajstić information content (AvgIpc) is 3.23. The van der Waals surface area contributed by atoms with Gasteiger partial charge in [-0.1, -0.05) is 35.9 Å². The van der Waals surface area contributed by atoms with E-state index in [2.05, 4.69) is 22.2 Å². The van der Waals surface area contributed by atoms with Crippen molar-refractivity contribution in [1.82, 2.24) is 24.9 Å². The molecule has 0 N–H and O–H groups in total.